The number of hydrogen-bond acceptors (Lipinski definition) is 1. The fraction of sp³-hybridized carbons (Fsp3) is 0.154. The Labute approximate surface area is 92.1 Å². The predicted octanol–water partition coefficient (Wildman–Crippen LogP) is 2.63. The van der Waals surface area contributed by atoms with E-state index in [2.05, 4.69) is 9.97 Å². The number of pyridine rings is 1. The van der Waals surface area contributed by atoms with Gasteiger partial charge >= 0.3 is 0 Å². The summed E-state index contributed by atoms with van der Waals surface area (Å²) < 4.78 is 0. The van der Waals surface area contributed by atoms with E-state index in [0.29, 0.717) is 0 Å². The van der Waals surface area contributed by atoms with E-state index in [1.54, 1.807) is 0 Å². The van der Waals surface area contributed by atoms with Gasteiger partial charge < -0.3 is 9.97 Å². The van der Waals surface area contributed by atoms with Crippen molar-refractivity contribution in [2.75, 3.05) is 0 Å². The molecule has 3 rings (SSSR count). The molecule has 1 aromatic carbocycles. The Bertz CT molecular complexity index is 750. The van der Waals surface area contributed by atoms with Crippen LogP contribution in [-0.2, 0) is 0 Å². The average Bonchev–Trinajstić information content (AvgIpc) is 2.55. The minimum Gasteiger partial charge on any atom is -0.345 e. The van der Waals surface area contributed by atoms with Crippen molar-refractivity contribution >= 4 is 21.9 Å². The predicted molar refractivity (Wildman–Crippen MR) is 65.9 cm³/mol. The van der Waals surface area contributed by atoms with Gasteiger partial charge in [0.15, 0.2) is 5.43 Å². The molecule has 2 aromatic heterocycles. The lowest BCUT2D eigenvalue weighted by atomic mass is 10.1. The summed E-state index contributed by atoms with van der Waals surface area (Å²) in [6.07, 6.45) is 0. The molecule has 0 fully saturated rings. The lowest BCUT2D eigenvalue weighted by Gasteiger charge is -1.98. The molecule has 0 aliphatic carbocycles. The van der Waals surface area contributed by atoms with Crippen LogP contribution in [0.5, 0.6) is 0 Å². The maximum atomic E-state index is 12.3. The topological polar surface area (TPSA) is 48.6 Å². The number of H-pyrrole nitrogens is 2. The summed E-state index contributed by atoms with van der Waals surface area (Å²) in [6.45, 7) is 3.95. The lowest BCUT2D eigenvalue weighted by Crippen LogP contribution is -2.03. The molecule has 3 nitrogen and oxygen atoms in total. The van der Waals surface area contributed by atoms with Crippen molar-refractivity contribution in [3.05, 3.63) is 45.7 Å². The average molecular weight is 212 g/mol. The molecule has 0 unspecified atom stereocenters. The van der Waals surface area contributed by atoms with E-state index in [1.165, 1.54) is 0 Å². The maximum absolute atomic E-state index is 12.3. The quantitative estimate of drug-likeness (QED) is 0.591. The van der Waals surface area contributed by atoms with Crippen molar-refractivity contribution in [3.8, 4) is 0 Å². The van der Waals surface area contributed by atoms with Crippen LogP contribution in [0.1, 0.15) is 11.3 Å². The standard InChI is InChI=1S/C13H12N2O/c1-7-8(2)14-13-11(7)12(16)9-5-3-4-6-10(9)15-13/h3-6H,1-2H3,(H2,14,15,16). The summed E-state index contributed by atoms with van der Waals surface area (Å²) in [7, 11) is 0. The van der Waals surface area contributed by atoms with E-state index in [4.69, 9.17) is 0 Å². The molecular weight excluding hydrogens is 200 g/mol. The zero-order valence-corrected chi connectivity index (χ0v) is 9.22. The summed E-state index contributed by atoms with van der Waals surface area (Å²) in [5.41, 5.74) is 3.87. The van der Waals surface area contributed by atoms with E-state index in [-0.39, 0.29) is 5.43 Å². The summed E-state index contributed by atoms with van der Waals surface area (Å²) in [5, 5.41) is 1.52. The van der Waals surface area contributed by atoms with Gasteiger partial charge in [-0.2, -0.15) is 0 Å². The van der Waals surface area contributed by atoms with E-state index in [9.17, 15) is 4.79 Å². The molecule has 0 saturated carbocycles. The minimum atomic E-state index is 0.103. The third-order valence-corrected chi connectivity index (χ3v) is 3.16. The van der Waals surface area contributed by atoms with Crippen LogP contribution in [0.25, 0.3) is 21.9 Å². The Balaban J connectivity index is 2.67. The summed E-state index contributed by atoms with van der Waals surface area (Å²) in [4.78, 5) is 18.7. The van der Waals surface area contributed by atoms with Gasteiger partial charge in [0.25, 0.3) is 0 Å². The van der Waals surface area contributed by atoms with Crippen LogP contribution in [0.15, 0.2) is 29.1 Å². The van der Waals surface area contributed by atoms with Crippen molar-refractivity contribution < 1.29 is 0 Å². The normalized spacial score (nSPS) is 11.4. The van der Waals surface area contributed by atoms with Crippen LogP contribution in [-0.4, -0.2) is 9.97 Å². The molecule has 2 heterocycles. The molecule has 0 saturated heterocycles. The third kappa shape index (κ3) is 1.05. The van der Waals surface area contributed by atoms with Crippen LogP contribution >= 0.6 is 0 Å². The zero-order chi connectivity index (χ0) is 11.3. The molecule has 0 atom stereocenters. The Hall–Kier alpha value is -2.03. The van der Waals surface area contributed by atoms with Crippen LogP contribution < -0.4 is 5.43 Å². The second-order valence-electron chi connectivity index (χ2n) is 4.12. The number of aromatic amines is 2. The van der Waals surface area contributed by atoms with Crippen LogP contribution in [0.2, 0.25) is 0 Å². The van der Waals surface area contributed by atoms with Crippen molar-refractivity contribution in [1.29, 1.82) is 0 Å². The second-order valence-corrected chi connectivity index (χ2v) is 4.12. The van der Waals surface area contributed by atoms with Gasteiger partial charge in [-0.3, -0.25) is 4.79 Å². The first-order valence-electron chi connectivity index (χ1n) is 5.28. The summed E-state index contributed by atoms with van der Waals surface area (Å²) >= 11 is 0. The molecule has 3 heteroatoms. The number of aryl methyl sites for hydroxylation is 2. The molecule has 0 radical (unpaired) electrons. The number of benzene rings is 1. The molecule has 0 bridgehead atoms. The van der Waals surface area contributed by atoms with Gasteiger partial charge in [0.1, 0.15) is 5.65 Å². The molecule has 3 aromatic rings. The van der Waals surface area contributed by atoms with Crippen molar-refractivity contribution in [2.45, 2.75) is 13.8 Å². The van der Waals surface area contributed by atoms with Crippen molar-refractivity contribution in [3.63, 3.8) is 0 Å². The number of hydrogen-bond donors (Lipinski definition) is 2. The first-order valence-corrected chi connectivity index (χ1v) is 5.28. The van der Waals surface area contributed by atoms with Gasteiger partial charge in [-0.05, 0) is 31.5 Å². The van der Waals surface area contributed by atoms with Crippen LogP contribution in [0.4, 0.5) is 0 Å². The fourth-order valence-electron chi connectivity index (χ4n) is 2.16. The monoisotopic (exact) mass is 212 g/mol. The highest BCUT2D eigenvalue weighted by Gasteiger charge is 2.10. The molecule has 0 aliphatic rings. The molecule has 2 N–H and O–H groups in total. The van der Waals surface area contributed by atoms with Crippen LogP contribution in [0.3, 0.4) is 0 Å². The molecule has 0 amide bonds. The number of aromatic nitrogens is 2. The maximum Gasteiger partial charge on any atom is 0.199 e. The van der Waals surface area contributed by atoms with Crippen LogP contribution in [0, 0.1) is 13.8 Å². The van der Waals surface area contributed by atoms with Gasteiger partial charge in [0, 0.05) is 11.1 Å². The zero-order valence-electron chi connectivity index (χ0n) is 9.22. The van der Waals surface area contributed by atoms with Gasteiger partial charge in [0.2, 0.25) is 0 Å². The summed E-state index contributed by atoms with van der Waals surface area (Å²) in [5.74, 6) is 0. The SMILES string of the molecule is Cc1[nH]c2[nH]c3ccccc3c(=O)c2c1C. The van der Waals surface area contributed by atoms with Gasteiger partial charge in [-0.25, -0.2) is 0 Å². The lowest BCUT2D eigenvalue weighted by molar-refractivity contribution is 1.23. The van der Waals surface area contributed by atoms with Gasteiger partial charge in [0.05, 0.1) is 10.9 Å². The largest absolute Gasteiger partial charge is 0.345 e. The molecule has 16 heavy (non-hydrogen) atoms. The van der Waals surface area contributed by atoms with E-state index in [1.807, 2.05) is 38.1 Å². The number of nitrogens with one attached hydrogen (secondary N) is 2. The molecule has 0 spiro atoms. The second kappa shape index (κ2) is 2.98. The minimum absolute atomic E-state index is 0.103. The number of fused-ring (bicyclic) bond motifs is 2. The molecule has 0 aliphatic heterocycles. The van der Waals surface area contributed by atoms with Crippen molar-refractivity contribution in [2.24, 2.45) is 0 Å². The van der Waals surface area contributed by atoms with E-state index < -0.39 is 0 Å². The highest BCUT2D eigenvalue weighted by atomic mass is 16.1. The third-order valence-electron chi connectivity index (χ3n) is 3.16. The molecule has 80 valence electrons. The molecular formula is C13H12N2O. The number of para-hydroxylation sites is 1. The smallest absolute Gasteiger partial charge is 0.199 e. The number of rotatable bonds is 0. The highest BCUT2D eigenvalue weighted by Crippen LogP contribution is 2.19. The Morgan fingerprint density at radius 3 is 2.62 bits per heavy atom. The Morgan fingerprint density at radius 1 is 1.06 bits per heavy atom. The first kappa shape index (κ1) is 9.21. The highest BCUT2D eigenvalue weighted by molar-refractivity contribution is 5.93. The first-order chi connectivity index (χ1) is 7.68. The van der Waals surface area contributed by atoms with E-state index in [0.717, 1.165) is 33.2 Å². The van der Waals surface area contributed by atoms with Gasteiger partial charge in [-0.15, -0.1) is 0 Å². The Morgan fingerprint density at radius 2 is 1.81 bits per heavy atom. The Kier molecular flexibility index (Phi) is 1.72. The fourth-order valence-corrected chi connectivity index (χ4v) is 2.16. The summed E-state index contributed by atoms with van der Waals surface area (Å²) in [6, 6.07) is 7.59. The van der Waals surface area contributed by atoms with E-state index >= 15 is 0 Å². The van der Waals surface area contributed by atoms with Gasteiger partial charge in [-0.1, -0.05) is 12.1 Å². The van der Waals surface area contributed by atoms with Crippen molar-refractivity contribution in [1.82, 2.24) is 9.97 Å².